The number of carbonyl (C=O) groups is 1. The van der Waals surface area contributed by atoms with Crippen molar-refractivity contribution in [3.05, 3.63) is 50.7 Å². The highest BCUT2D eigenvalue weighted by Crippen LogP contribution is 2.30. The first-order chi connectivity index (χ1) is 8.66. The number of nitrogens with zero attached hydrogens (tertiary/aromatic N) is 1. The van der Waals surface area contributed by atoms with Crippen LogP contribution in [-0.2, 0) is 6.42 Å². The van der Waals surface area contributed by atoms with Crippen LogP contribution in [0.1, 0.15) is 28.9 Å². The van der Waals surface area contributed by atoms with Crippen LogP contribution in [0.15, 0.2) is 39.4 Å². The maximum Gasteiger partial charge on any atom is 0.164 e. The first kappa shape index (κ1) is 12.2. The fourth-order valence-corrected chi connectivity index (χ4v) is 3.67. The summed E-state index contributed by atoms with van der Waals surface area (Å²) in [7, 11) is 0. The molecule has 0 aliphatic heterocycles. The van der Waals surface area contributed by atoms with Crippen LogP contribution in [0.5, 0.6) is 0 Å². The largest absolute Gasteiger partial charge is 0.319 e. The molecular formula is C14H11Br2NO. The second kappa shape index (κ2) is 4.67. The average Bonchev–Trinajstić information content (AvgIpc) is 2.74. The topological polar surface area (TPSA) is 22.0 Å². The van der Waals surface area contributed by atoms with E-state index in [0.29, 0.717) is 6.42 Å². The Balaban J connectivity index is 2.15. The smallest absolute Gasteiger partial charge is 0.164 e. The first-order valence-electron chi connectivity index (χ1n) is 5.85. The Morgan fingerprint density at radius 2 is 1.94 bits per heavy atom. The van der Waals surface area contributed by atoms with Crippen molar-refractivity contribution in [2.75, 3.05) is 0 Å². The maximum atomic E-state index is 11.8. The zero-order valence-corrected chi connectivity index (χ0v) is 12.8. The quantitative estimate of drug-likeness (QED) is 0.725. The molecule has 0 fully saturated rings. The molecule has 18 heavy (non-hydrogen) atoms. The predicted molar refractivity (Wildman–Crippen MR) is 78.4 cm³/mol. The molecule has 0 unspecified atom stereocenters. The molecule has 2 aromatic rings. The van der Waals surface area contributed by atoms with E-state index in [1.165, 1.54) is 0 Å². The van der Waals surface area contributed by atoms with E-state index in [1.54, 1.807) is 0 Å². The number of fused-ring (bicyclic) bond motifs is 1. The zero-order valence-electron chi connectivity index (χ0n) is 9.62. The molecule has 92 valence electrons. The van der Waals surface area contributed by atoms with E-state index in [0.717, 1.165) is 38.7 Å². The molecule has 3 rings (SSSR count). The fraction of sp³-hybridized carbons (Fsp3) is 0.214. The van der Waals surface area contributed by atoms with E-state index >= 15 is 0 Å². The number of Topliss-reactive ketones (excluding diaryl/α,β-unsaturated/α-hetero) is 1. The third-order valence-electron chi connectivity index (χ3n) is 3.28. The lowest BCUT2D eigenvalue weighted by molar-refractivity contribution is 0.0972. The maximum absolute atomic E-state index is 11.8. The van der Waals surface area contributed by atoms with Gasteiger partial charge in [-0.2, -0.15) is 0 Å². The molecule has 0 radical (unpaired) electrons. The molecule has 1 heterocycles. The molecule has 4 heteroatoms. The van der Waals surface area contributed by atoms with Gasteiger partial charge in [0.2, 0.25) is 0 Å². The molecule has 2 nitrogen and oxygen atoms in total. The molecule has 1 aliphatic carbocycles. The van der Waals surface area contributed by atoms with Crippen molar-refractivity contribution in [3.8, 4) is 5.69 Å². The standard InChI is InChI=1S/C14H11Br2NO/c15-9-4-5-13(11(16)8-9)17-7-6-10-12(17)2-1-3-14(10)18/h4-8H,1-3H2. The van der Waals surface area contributed by atoms with Gasteiger partial charge in [-0.05, 0) is 53.0 Å². The summed E-state index contributed by atoms with van der Waals surface area (Å²) in [6.07, 6.45) is 4.58. The highest BCUT2D eigenvalue weighted by Gasteiger charge is 2.21. The second-order valence-electron chi connectivity index (χ2n) is 4.42. The van der Waals surface area contributed by atoms with Gasteiger partial charge in [0.1, 0.15) is 0 Å². The van der Waals surface area contributed by atoms with Crippen molar-refractivity contribution in [1.82, 2.24) is 4.57 Å². The van der Waals surface area contributed by atoms with E-state index in [1.807, 2.05) is 30.5 Å². The minimum Gasteiger partial charge on any atom is -0.319 e. The minimum atomic E-state index is 0.267. The first-order valence-corrected chi connectivity index (χ1v) is 7.44. The van der Waals surface area contributed by atoms with Crippen LogP contribution in [0.3, 0.4) is 0 Å². The zero-order chi connectivity index (χ0) is 12.7. The van der Waals surface area contributed by atoms with Gasteiger partial charge in [0.05, 0.1) is 5.69 Å². The Kier molecular flexibility index (Phi) is 3.16. The Hall–Kier alpha value is -0.870. The summed E-state index contributed by atoms with van der Waals surface area (Å²) in [4.78, 5) is 11.8. The van der Waals surface area contributed by atoms with E-state index in [4.69, 9.17) is 0 Å². The van der Waals surface area contributed by atoms with Gasteiger partial charge >= 0.3 is 0 Å². The van der Waals surface area contributed by atoms with Gasteiger partial charge < -0.3 is 4.57 Å². The number of rotatable bonds is 1. The van der Waals surface area contributed by atoms with Crippen molar-refractivity contribution in [2.45, 2.75) is 19.3 Å². The Morgan fingerprint density at radius 3 is 2.72 bits per heavy atom. The van der Waals surface area contributed by atoms with Crippen LogP contribution in [0, 0.1) is 0 Å². The third kappa shape index (κ3) is 1.97. The van der Waals surface area contributed by atoms with Gasteiger partial charge in [0.15, 0.2) is 5.78 Å². The van der Waals surface area contributed by atoms with Gasteiger partial charge in [-0.15, -0.1) is 0 Å². The molecule has 0 saturated carbocycles. The molecule has 0 amide bonds. The van der Waals surface area contributed by atoms with Crippen molar-refractivity contribution in [3.63, 3.8) is 0 Å². The van der Waals surface area contributed by atoms with Crippen LogP contribution in [0.2, 0.25) is 0 Å². The highest BCUT2D eigenvalue weighted by molar-refractivity contribution is 9.11. The number of benzene rings is 1. The molecule has 0 spiro atoms. The molecule has 0 atom stereocenters. The highest BCUT2D eigenvalue weighted by atomic mass is 79.9. The molecule has 1 aliphatic rings. The molecule has 0 saturated heterocycles. The fourth-order valence-electron chi connectivity index (χ4n) is 2.43. The van der Waals surface area contributed by atoms with Crippen LogP contribution < -0.4 is 0 Å². The molecule has 0 N–H and O–H groups in total. The van der Waals surface area contributed by atoms with E-state index < -0.39 is 0 Å². The van der Waals surface area contributed by atoms with Gasteiger partial charge in [0.25, 0.3) is 0 Å². The van der Waals surface area contributed by atoms with Gasteiger partial charge in [-0.25, -0.2) is 0 Å². The number of hydrogen-bond donors (Lipinski definition) is 0. The summed E-state index contributed by atoms with van der Waals surface area (Å²) in [5.74, 6) is 0.267. The number of carbonyl (C=O) groups excluding carboxylic acids is 1. The average molecular weight is 369 g/mol. The summed E-state index contributed by atoms with van der Waals surface area (Å²) < 4.78 is 4.17. The van der Waals surface area contributed by atoms with E-state index in [2.05, 4.69) is 36.4 Å². The number of ketones is 1. The lowest BCUT2D eigenvalue weighted by Gasteiger charge is -2.16. The van der Waals surface area contributed by atoms with Crippen molar-refractivity contribution >= 4 is 37.6 Å². The monoisotopic (exact) mass is 367 g/mol. The van der Waals surface area contributed by atoms with Crippen LogP contribution in [0.4, 0.5) is 0 Å². The van der Waals surface area contributed by atoms with Crippen molar-refractivity contribution in [1.29, 1.82) is 0 Å². The Bertz CT molecular complexity index is 631. The number of aromatic nitrogens is 1. The van der Waals surface area contributed by atoms with E-state index in [9.17, 15) is 4.79 Å². The number of halogens is 2. The predicted octanol–water partition coefficient (Wildman–Crippen LogP) is 4.52. The second-order valence-corrected chi connectivity index (χ2v) is 6.19. The summed E-state index contributed by atoms with van der Waals surface area (Å²) >= 11 is 7.03. The van der Waals surface area contributed by atoms with Crippen molar-refractivity contribution < 1.29 is 4.79 Å². The molecular weight excluding hydrogens is 358 g/mol. The van der Waals surface area contributed by atoms with Gasteiger partial charge in [0, 0.05) is 32.8 Å². The van der Waals surface area contributed by atoms with Crippen LogP contribution in [0.25, 0.3) is 5.69 Å². The minimum absolute atomic E-state index is 0.267. The summed E-state index contributed by atoms with van der Waals surface area (Å²) in [5.41, 5.74) is 3.10. The lowest BCUT2D eigenvalue weighted by Crippen LogP contribution is -2.12. The van der Waals surface area contributed by atoms with Crippen LogP contribution in [-0.4, -0.2) is 10.4 Å². The lowest BCUT2D eigenvalue weighted by atomic mass is 9.97. The SMILES string of the molecule is O=C1CCCc2c1ccn2-c1ccc(Br)cc1Br. The molecule has 1 aromatic carbocycles. The molecule has 1 aromatic heterocycles. The van der Waals surface area contributed by atoms with Crippen LogP contribution >= 0.6 is 31.9 Å². The normalized spacial score (nSPS) is 14.7. The Labute approximate surface area is 122 Å². The van der Waals surface area contributed by atoms with Gasteiger partial charge in [-0.3, -0.25) is 4.79 Å². The third-order valence-corrected chi connectivity index (χ3v) is 4.41. The number of hydrogen-bond acceptors (Lipinski definition) is 1. The van der Waals surface area contributed by atoms with E-state index in [-0.39, 0.29) is 5.78 Å². The van der Waals surface area contributed by atoms with Crippen molar-refractivity contribution in [2.24, 2.45) is 0 Å². The Morgan fingerprint density at radius 1 is 1.11 bits per heavy atom. The summed E-state index contributed by atoms with van der Waals surface area (Å²) in [6.45, 7) is 0. The van der Waals surface area contributed by atoms with Gasteiger partial charge in [-0.1, -0.05) is 15.9 Å². The summed E-state index contributed by atoms with van der Waals surface area (Å²) in [5, 5.41) is 0. The summed E-state index contributed by atoms with van der Waals surface area (Å²) in [6, 6.07) is 8.02. The molecule has 0 bridgehead atoms.